The van der Waals surface area contributed by atoms with Crippen molar-refractivity contribution in [3.63, 3.8) is 0 Å². The molecule has 0 spiro atoms. The van der Waals surface area contributed by atoms with Crippen LogP contribution in [0.25, 0.3) is 0 Å². The first kappa shape index (κ1) is 10.4. The minimum Gasteiger partial charge on any atom is -0.433 e. The molecule has 0 aliphatic heterocycles. The first-order valence-electron chi connectivity index (χ1n) is 3.90. The number of hydrogen-bond donors (Lipinski definition) is 0. The van der Waals surface area contributed by atoms with E-state index in [1.54, 1.807) is 0 Å². The van der Waals surface area contributed by atoms with E-state index >= 15 is 0 Å². The van der Waals surface area contributed by atoms with Crippen molar-refractivity contribution in [2.24, 2.45) is 0 Å². The molecule has 0 aliphatic rings. The summed E-state index contributed by atoms with van der Waals surface area (Å²) in [5, 5.41) is 0. The first-order chi connectivity index (χ1) is 4.56. The molecule has 0 aromatic heterocycles. The summed E-state index contributed by atoms with van der Waals surface area (Å²) in [7, 11) is 3.92. The third-order valence-electron chi connectivity index (χ3n) is 2.39. The van der Waals surface area contributed by atoms with E-state index in [0.717, 1.165) is 6.04 Å². The SMILES string of the molecule is CO[SiH2][N+](C)([SiH2]C)C(C)C. The lowest BCUT2D eigenvalue weighted by molar-refractivity contribution is -0.715. The molecule has 0 heterocycles. The predicted octanol–water partition coefficient (Wildman–Crippen LogP) is -0.382. The number of hydrogen-bond acceptors (Lipinski definition) is 1. The first-order valence-corrected chi connectivity index (χ1v) is 7.15. The van der Waals surface area contributed by atoms with Gasteiger partial charge in [-0.1, -0.05) is 0 Å². The Morgan fingerprint density at radius 3 is 2.00 bits per heavy atom. The average molecular weight is 178 g/mol. The van der Waals surface area contributed by atoms with Gasteiger partial charge < -0.3 is 8.24 Å². The van der Waals surface area contributed by atoms with E-state index in [1.807, 2.05) is 7.11 Å². The molecule has 1 unspecified atom stereocenters. The van der Waals surface area contributed by atoms with E-state index in [-0.39, 0.29) is 19.6 Å². The molecular formula is C6H20NOSi2+. The highest BCUT2D eigenvalue weighted by Gasteiger charge is 2.22. The molecule has 0 aromatic carbocycles. The normalized spacial score (nSPS) is 19.8. The van der Waals surface area contributed by atoms with Crippen molar-refractivity contribution in [3.05, 3.63) is 0 Å². The zero-order chi connectivity index (χ0) is 8.20. The third kappa shape index (κ3) is 2.53. The van der Waals surface area contributed by atoms with Gasteiger partial charge in [-0.3, -0.25) is 0 Å². The number of quaternary nitrogens is 1. The van der Waals surface area contributed by atoms with Crippen molar-refractivity contribution >= 4 is 19.6 Å². The van der Waals surface area contributed by atoms with Crippen molar-refractivity contribution in [3.8, 4) is 0 Å². The van der Waals surface area contributed by atoms with Crippen LogP contribution < -0.4 is 0 Å². The van der Waals surface area contributed by atoms with Crippen LogP contribution in [0.1, 0.15) is 13.8 Å². The van der Waals surface area contributed by atoms with Crippen LogP contribution >= 0.6 is 0 Å². The van der Waals surface area contributed by atoms with Crippen molar-refractivity contribution in [1.82, 2.24) is 0 Å². The highest BCUT2D eigenvalue weighted by Crippen LogP contribution is 2.04. The molecule has 0 radical (unpaired) electrons. The molecule has 0 bridgehead atoms. The summed E-state index contributed by atoms with van der Waals surface area (Å²) in [5.74, 6) is 0. The second-order valence-corrected chi connectivity index (χ2v) is 8.56. The maximum absolute atomic E-state index is 5.31. The summed E-state index contributed by atoms with van der Waals surface area (Å²) >= 11 is 0. The fourth-order valence-electron chi connectivity index (χ4n) is 0.900. The summed E-state index contributed by atoms with van der Waals surface area (Å²) in [4.78, 5) is 0. The molecular weight excluding hydrogens is 158 g/mol. The van der Waals surface area contributed by atoms with Gasteiger partial charge in [0.15, 0.2) is 0 Å². The van der Waals surface area contributed by atoms with Gasteiger partial charge in [-0.05, 0) is 20.4 Å². The van der Waals surface area contributed by atoms with Crippen LogP contribution in [0.15, 0.2) is 0 Å². The Morgan fingerprint density at radius 2 is 1.90 bits per heavy atom. The minimum atomic E-state index is -0.309. The lowest BCUT2D eigenvalue weighted by Crippen LogP contribution is -2.54. The van der Waals surface area contributed by atoms with Gasteiger partial charge in [0, 0.05) is 14.2 Å². The maximum Gasteiger partial charge on any atom is 0.388 e. The lowest BCUT2D eigenvalue weighted by atomic mass is 10.4. The Morgan fingerprint density at radius 1 is 1.40 bits per heavy atom. The van der Waals surface area contributed by atoms with Crippen molar-refractivity contribution in [2.45, 2.75) is 26.4 Å². The largest absolute Gasteiger partial charge is 0.433 e. The van der Waals surface area contributed by atoms with Crippen LogP contribution in [0.4, 0.5) is 0 Å². The molecule has 0 aliphatic carbocycles. The van der Waals surface area contributed by atoms with E-state index in [2.05, 4.69) is 27.4 Å². The zero-order valence-corrected chi connectivity index (χ0v) is 10.7. The summed E-state index contributed by atoms with van der Waals surface area (Å²) in [6.07, 6.45) is 0. The van der Waals surface area contributed by atoms with E-state index in [9.17, 15) is 0 Å². The molecule has 0 amide bonds. The molecule has 1 atom stereocenters. The van der Waals surface area contributed by atoms with Gasteiger partial charge in [0.25, 0.3) is 0 Å². The van der Waals surface area contributed by atoms with Crippen LogP contribution in [0.2, 0.25) is 6.55 Å². The van der Waals surface area contributed by atoms with Gasteiger partial charge in [0.05, 0.1) is 6.04 Å². The Balaban J connectivity index is 3.94. The van der Waals surface area contributed by atoms with E-state index < -0.39 is 0 Å². The summed E-state index contributed by atoms with van der Waals surface area (Å²) in [6.45, 7) is 6.96. The van der Waals surface area contributed by atoms with Crippen LogP contribution in [-0.2, 0) is 4.43 Å². The fourth-order valence-corrected chi connectivity index (χ4v) is 3.80. The molecule has 10 heavy (non-hydrogen) atoms. The van der Waals surface area contributed by atoms with Crippen LogP contribution in [0.3, 0.4) is 0 Å². The molecule has 0 rings (SSSR count). The van der Waals surface area contributed by atoms with Gasteiger partial charge >= 0.3 is 9.92 Å². The Bertz CT molecular complexity index is 99.7. The molecule has 62 valence electrons. The van der Waals surface area contributed by atoms with Crippen molar-refractivity contribution < 1.29 is 8.24 Å². The average Bonchev–Trinajstić information content (AvgIpc) is 1.88. The molecule has 0 aromatic rings. The van der Waals surface area contributed by atoms with Crippen LogP contribution in [0.5, 0.6) is 0 Å². The van der Waals surface area contributed by atoms with Gasteiger partial charge in [-0.2, -0.15) is 0 Å². The molecule has 0 saturated heterocycles. The Kier molecular flexibility index (Phi) is 4.43. The van der Waals surface area contributed by atoms with Crippen molar-refractivity contribution in [1.29, 1.82) is 0 Å². The number of rotatable bonds is 4. The number of nitrogens with zero attached hydrogens (tertiary/aromatic N) is 1. The smallest absolute Gasteiger partial charge is 0.388 e. The zero-order valence-electron chi connectivity index (χ0n) is 7.85. The molecule has 0 saturated carbocycles. The third-order valence-corrected chi connectivity index (χ3v) is 8.04. The molecule has 2 nitrogen and oxygen atoms in total. The summed E-state index contributed by atoms with van der Waals surface area (Å²) in [5.41, 5.74) is 0. The summed E-state index contributed by atoms with van der Waals surface area (Å²) in [6, 6.07) is 0.767. The van der Waals surface area contributed by atoms with Gasteiger partial charge in [0.1, 0.15) is 0 Å². The quantitative estimate of drug-likeness (QED) is 0.533. The van der Waals surface area contributed by atoms with Crippen LogP contribution in [0, 0.1) is 0 Å². The molecule has 4 heteroatoms. The second kappa shape index (κ2) is 4.28. The second-order valence-electron chi connectivity index (χ2n) is 3.31. The topological polar surface area (TPSA) is 9.23 Å². The standard InChI is InChI=1S/C6H20NOSi2/c1-6(2)7(3,9-5)10-8-4/h6H,9-10H2,1-5H3/q+1. The highest BCUT2D eigenvalue weighted by molar-refractivity contribution is 6.36. The highest BCUT2D eigenvalue weighted by atomic mass is 28.3. The van der Waals surface area contributed by atoms with E-state index in [4.69, 9.17) is 4.43 Å². The molecule has 0 fully saturated rings. The Labute approximate surface area is 69.1 Å². The minimum absolute atomic E-state index is 0.0473. The van der Waals surface area contributed by atoms with Crippen LogP contribution in [-0.4, -0.2) is 43.6 Å². The molecule has 0 N–H and O–H groups in total. The summed E-state index contributed by atoms with van der Waals surface area (Å²) < 4.78 is 6.58. The van der Waals surface area contributed by atoms with Gasteiger partial charge in [0.2, 0.25) is 9.68 Å². The van der Waals surface area contributed by atoms with Gasteiger partial charge in [-0.15, -0.1) is 0 Å². The van der Waals surface area contributed by atoms with E-state index in [0.29, 0.717) is 0 Å². The predicted molar refractivity (Wildman–Crippen MR) is 51.3 cm³/mol. The Hall–Kier alpha value is 0.354. The fraction of sp³-hybridized carbons (Fsp3) is 1.00. The lowest BCUT2D eigenvalue weighted by Gasteiger charge is -2.39. The van der Waals surface area contributed by atoms with E-state index in [1.165, 1.54) is 3.81 Å². The van der Waals surface area contributed by atoms with Gasteiger partial charge in [-0.25, -0.2) is 0 Å². The van der Waals surface area contributed by atoms with Crippen molar-refractivity contribution in [2.75, 3.05) is 14.2 Å². The monoisotopic (exact) mass is 178 g/mol. The maximum atomic E-state index is 5.31.